The van der Waals surface area contributed by atoms with Gasteiger partial charge in [-0.15, -0.1) is 0 Å². The molecule has 0 rings (SSSR count). The van der Waals surface area contributed by atoms with Gasteiger partial charge in [0.15, 0.2) is 0 Å². The van der Waals surface area contributed by atoms with Crippen LogP contribution in [0.5, 0.6) is 0 Å². The van der Waals surface area contributed by atoms with E-state index in [1.807, 2.05) is 56.4 Å². The average molecular weight is 442 g/mol. The van der Waals surface area contributed by atoms with Crippen LogP contribution in [0.3, 0.4) is 0 Å². The molecule has 0 bridgehead atoms. The van der Waals surface area contributed by atoms with Crippen LogP contribution in [-0.2, 0) is 9.59 Å². The van der Waals surface area contributed by atoms with Gasteiger partial charge in [-0.1, -0.05) is 126 Å². The van der Waals surface area contributed by atoms with E-state index in [0.717, 1.165) is 6.42 Å². The van der Waals surface area contributed by atoms with Crippen LogP contribution in [0.15, 0.2) is 72.9 Å². The van der Waals surface area contributed by atoms with Gasteiger partial charge in [0.1, 0.15) is 6.04 Å². The Hall–Kier alpha value is -2.62. The maximum Gasteiger partial charge on any atom is 0.326 e. The van der Waals surface area contributed by atoms with Gasteiger partial charge < -0.3 is 10.4 Å². The van der Waals surface area contributed by atoms with E-state index in [1.165, 1.54) is 51.0 Å². The summed E-state index contributed by atoms with van der Waals surface area (Å²) in [6.07, 6.45) is 33.4. The lowest BCUT2D eigenvalue weighted by Crippen LogP contribution is -2.40. The quantitative estimate of drug-likeness (QED) is 0.136. The Bertz CT molecular complexity index is 666. The minimum absolute atomic E-state index is 0.194. The van der Waals surface area contributed by atoms with E-state index in [-0.39, 0.29) is 5.92 Å². The molecule has 0 saturated heterocycles. The molecule has 0 aliphatic heterocycles. The first-order valence-electron chi connectivity index (χ1n) is 12.0. The second-order valence-corrected chi connectivity index (χ2v) is 8.27. The molecule has 0 unspecified atom stereocenters. The summed E-state index contributed by atoms with van der Waals surface area (Å²) in [5.41, 5.74) is 0. The van der Waals surface area contributed by atoms with Crippen molar-refractivity contribution < 1.29 is 14.7 Å². The van der Waals surface area contributed by atoms with Crippen molar-refractivity contribution in [2.24, 2.45) is 5.92 Å². The number of unbranched alkanes of at least 4 members (excludes halogenated alkanes) is 7. The van der Waals surface area contributed by atoms with E-state index in [4.69, 9.17) is 5.11 Å². The molecule has 4 nitrogen and oxygen atoms in total. The van der Waals surface area contributed by atoms with Crippen molar-refractivity contribution in [3.8, 4) is 0 Å². The average Bonchev–Trinajstić information content (AvgIpc) is 2.74. The Morgan fingerprint density at radius 1 is 0.750 bits per heavy atom. The van der Waals surface area contributed by atoms with Gasteiger partial charge in [0, 0.05) is 6.08 Å². The lowest BCUT2D eigenvalue weighted by molar-refractivity contribution is -0.141. The van der Waals surface area contributed by atoms with Crippen molar-refractivity contribution in [1.82, 2.24) is 5.32 Å². The highest BCUT2D eigenvalue weighted by molar-refractivity contribution is 5.91. The van der Waals surface area contributed by atoms with Gasteiger partial charge in [-0.2, -0.15) is 0 Å². The monoisotopic (exact) mass is 441 g/mol. The molecular formula is C28H43NO3. The number of nitrogens with one attached hydrogen (secondary N) is 1. The summed E-state index contributed by atoms with van der Waals surface area (Å²) in [6.45, 7) is 6.10. The molecule has 0 heterocycles. The summed E-state index contributed by atoms with van der Waals surface area (Å²) in [5, 5.41) is 11.6. The fraction of sp³-hybridized carbons (Fsp3) is 0.500. The van der Waals surface area contributed by atoms with Crippen molar-refractivity contribution in [3.05, 3.63) is 72.9 Å². The number of rotatable bonds is 18. The number of carbonyl (C=O) groups is 2. The van der Waals surface area contributed by atoms with Crippen molar-refractivity contribution >= 4 is 11.9 Å². The number of hydrogen-bond acceptors (Lipinski definition) is 2. The van der Waals surface area contributed by atoms with Crippen LogP contribution >= 0.6 is 0 Å². The third-order valence-electron chi connectivity index (χ3n) is 4.68. The van der Waals surface area contributed by atoms with E-state index < -0.39 is 17.9 Å². The van der Waals surface area contributed by atoms with Crippen LogP contribution in [0.1, 0.15) is 78.6 Å². The number of allylic oxidation sites excluding steroid dienone is 11. The van der Waals surface area contributed by atoms with Gasteiger partial charge in [0.25, 0.3) is 0 Å². The minimum Gasteiger partial charge on any atom is -0.480 e. The topological polar surface area (TPSA) is 66.4 Å². The van der Waals surface area contributed by atoms with Crippen molar-refractivity contribution in [1.29, 1.82) is 0 Å². The number of carboxylic acid groups (broad SMARTS) is 1. The Morgan fingerprint density at radius 3 is 1.78 bits per heavy atom. The molecule has 0 aliphatic rings. The fourth-order valence-electron chi connectivity index (χ4n) is 2.96. The van der Waals surface area contributed by atoms with Crippen LogP contribution in [0, 0.1) is 5.92 Å². The van der Waals surface area contributed by atoms with Crippen molar-refractivity contribution in [2.75, 3.05) is 0 Å². The smallest absolute Gasteiger partial charge is 0.326 e. The van der Waals surface area contributed by atoms with E-state index in [0.29, 0.717) is 6.42 Å². The molecule has 32 heavy (non-hydrogen) atoms. The lowest BCUT2D eigenvalue weighted by atomic mass is 10.0. The molecule has 4 heteroatoms. The molecule has 0 radical (unpaired) electrons. The van der Waals surface area contributed by atoms with Crippen molar-refractivity contribution in [2.45, 2.75) is 84.6 Å². The first kappa shape index (κ1) is 29.4. The molecule has 0 aromatic heterocycles. The van der Waals surface area contributed by atoms with E-state index in [9.17, 15) is 9.59 Å². The van der Waals surface area contributed by atoms with Gasteiger partial charge in [-0.25, -0.2) is 4.79 Å². The highest BCUT2D eigenvalue weighted by Gasteiger charge is 2.19. The molecule has 0 aromatic rings. The van der Waals surface area contributed by atoms with Crippen LogP contribution in [0.4, 0.5) is 0 Å². The largest absolute Gasteiger partial charge is 0.480 e. The maximum atomic E-state index is 11.8. The standard InChI is InChI=1S/C28H43NO3/c1-4-5-6-7-8-9-10-11-12-13-14-15-16-17-18-19-20-21-22-23-27(30)29-26(28(31)32)24-25(2)3/h12-23,25-26H,4-11,24H2,1-3H3,(H,29,30)(H,31,32)/b13-12+,15-14+,17-16+,19-18+,21-20+,23-22+/t26-/m1/s1. The fourth-order valence-corrected chi connectivity index (χ4v) is 2.96. The predicted molar refractivity (Wildman–Crippen MR) is 136 cm³/mol. The second kappa shape index (κ2) is 21.6. The molecule has 0 saturated carbocycles. The summed E-state index contributed by atoms with van der Waals surface area (Å²) in [7, 11) is 0. The summed E-state index contributed by atoms with van der Waals surface area (Å²) in [4.78, 5) is 22.9. The Labute approximate surface area is 195 Å². The number of aliphatic carboxylic acids is 1. The molecule has 0 aliphatic carbocycles. The van der Waals surface area contributed by atoms with Crippen LogP contribution in [0.2, 0.25) is 0 Å². The molecular weight excluding hydrogens is 398 g/mol. The van der Waals surface area contributed by atoms with Gasteiger partial charge in [-0.3, -0.25) is 4.79 Å². The van der Waals surface area contributed by atoms with Gasteiger partial charge in [-0.05, 0) is 25.2 Å². The van der Waals surface area contributed by atoms with Crippen LogP contribution in [0.25, 0.3) is 0 Å². The molecule has 0 spiro atoms. The summed E-state index contributed by atoms with van der Waals surface area (Å²) >= 11 is 0. The van der Waals surface area contributed by atoms with Gasteiger partial charge in [0.05, 0.1) is 0 Å². The maximum absolute atomic E-state index is 11.8. The molecule has 178 valence electrons. The highest BCUT2D eigenvalue weighted by Crippen LogP contribution is 2.08. The van der Waals surface area contributed by atoms with E-state index in [1.54, 1.807) is 12.2 Å². The summed E-state index contributed by atoms with van der Waals surface area (Å²) < 4.78 is 0. The molecule has 1 atom stereocenters. The van der Waals surface area contributed by atoms with Gasteiger partial charge in [0.2, 0.25) is 5.91 Å². The Kier molecular flexibility index (Phi) is 19.8. The summed E-state index contributed by atoms with van der Waals surface area (Å²) in [6, 6.07) is -0.857. The van der Waals surface area contributed by atoms with Crippen LogP contribution < -0.4 is 5.32 Å². The summed E-state index contributed by atoms with van der Waals surface area (Å²) in [5.74, 6) is -1.22. The lowest BCUT2D eigenvalue weighted by Gasteiger charge is -2.15. The number of amides is 1. The SMILES string of the molecule is CCCCCCCCC/C=C/C=C/C=C/C=C/C=C/C=C/C(=O)N[C@H](CC(C)C)C(=O)O. The zero-order valence-corrected chi connectivity index (χ0v) is 20.2. The zero-order chi connectivity index (χ0) is 23.9. The third kappa shape index (κ3) is 20.6. The predicted octanol–water partition coefficient (Wildman–Crippen LogP) is 7.08. The van der Waals surface area contributed by atoms with E-state index in [2.05, 4.69) is 24.4 Å². The highest BCUT2D eigenvalue weighted by atomic mass is 16.4. The number of hydrogen-bond donors (Lipinski definition) is 2. The molecule has 1 amide bonds. The van der Waals surface area contributed by atoms with Crippen molar-refractivity contribution in [3.63, 3.8) is 0 Å². The third-order valence-corrected chi connectivity index (χ3v) is 4.68. The molecule has 0 aromatic carbocycles. The number of carbonyl (C=O) groups excluding carboxylic acids is 1. The first-order chi connectivity index (χ1) is 15.5. The number of carboxylic acids is 1. The molecule has 2 N–H and O–H groups in total. The Balaban J connectivity index is 3.95. The van der Waals surface area contributed by atoms with Gasteiger partial charge >= 0.3 is 5.97 Å². The normalized spacial score (nSPS) is 13.8. The molecule has 0 fully saturated rings. The van der Waals surface area contributed by atoms with Crippen LogP contribution in [-0.4, -0.2) is 23.0 Å². The van der Waals surface area contributed by atoms with E-state index >= 15 is 0 Å². The Morgan fingerprint density at radius 2 is 1.25 bits per heavy atom. The first-order valence-corrected chi connectivity index (χ1v) is 12.0. The minimum atomic E-state index is -1.01. The second-order valence-electron chi connectivity index (χ2n) is 8.27. The zero-order valence-electron chi connectivity index (χ0n) is 20.2.